The molecule has 6 heterocycles. The van der Waals surface area contributed by atoms with Gasteiger partial charge in [0.05, 0.1) is 81.1 Å². The fourth-order valence-corrected chi connectivity index (χ4v) is 8.02. The number of aliphatic hydroxyl groups is 1. The molecule has 0 bridgehead atoms. The largest absolute Gasteiger partial charge is 0.391 e. The second-order valence-corrected chi connectivity index (χ2v) is 24.8. The van der Waals surface area contributed by atoms with Crippen LogP contribution in [0.4, 0.5) is 0 Å². The van der Waals surface area contributed by atoms with Gasteiger partial charge in [0.2, 0.25) is 0 Å². The topological polar surface area (TPSA) is 55.9 Å². The molecule has 6 fully saturated rings. The van der Waals surface area contributed by atoms with Crippen molar-refractivity contribution < 1.29 is 18.6 Å². The minimum absolute atomic E-state index is 0.320. The van der Waals surface area contributed by atoms with E-state index in [9.17, 15) is 0 Å². The smallest absolute Gasteiger partial charge is 0.102 e. The molecule has 0 aromatic heterocycles. The number of likely N-dealkylation sites (N-methyl/N-ethyl adjacent to an activating group) is 10. The summed E-state index contributed by atoms with van der Waals surface area (Å²) in [6.45, 7) is 62.0. The second-order valence-electron chi connectivity index (χ2n) is 24.8. The minimum atomic E-state index is 0.320. The van der Waals surface area contributed by atoms with Crippen LogP contribution in [0.2, 0.25) is 0 Å². The van der Waals surface area contributed by atoms with Crippen molar-refractivity contribution >= 4 is 0 Å². The van der Waals surface area contributed by atoms with Crippen LogP contribution in [0.15, 0.2) is 0 Å². The lowest BCUT2D eigenvalue weighted by atomic mass is 10.1. The predicted molar refractivity (Wildman–Crippen MR) is 378 cm³/mol. The molecule has 6 saturated heterocycles. The fourth-order valence-electron chi connectivity index (χ4n) is 8.02. The Morgan fingerprint density at radius 2 is 0.524 bits per heavy atom. The molecule has 0 saturated carbocycles. The highest BCUT2D eigenvalue weighted by Gasteiger charge is 2.26. The van der Waals surface area contributed by atoms with Gasteiger partial charge < -0.3 is 57.8 Å². The Hall–Kier alpha value is -0.600. The van der Waals surface area contributed by atoms with Gasteiger partial charge in [0.15, 0.2) is 0 Å². The van der Waals surface area contributed by atoms with Gasteiger partial charge in [0, 0.05) is 91.6 Å². The van der Waals surface area contributed by atoms with E-state index >= 15 is 0 Å². The van der Waals surface area contributed by atoms with E-state index in [4.69, 9.17) is 5.11 Å². The molecular weight excluding hydrogens is 1020 g/mol. The lowest BCUT2D eigenvalue weighted by Crippen LogP contribution is -2.57. The zero-order valence-corrected chi connectivity index (χ0v) is 63.5. The second kappa shape index (κ2) is 69.5. The van der Waals surface area contributed by atoms with Crippen LogP contribution in [0.3, 0.4) is 0 Å². The Labute approximate surface area is 522 Å². The number of piperidine rings is 1. The summed E-state index contributed by atoms with van der Waals surface area (Å²) in [5.74, 6) is 0. The Balaban J connectivity index is -0.000000125. The van der Waals surface area contributed by atoms with Crippen LogP contribution < -0.4 is 0 Å². The Morgan fingerprint density at radius 1 is 0.317 bits per heavy atom. The average Bonchev–Trinajstić information content (AvgIpc) is 3.45. The zero-order valence-electron chi connectivity index (χ0n) is 63.5. The molecule has 6 aliphatic heterocycles. The highest BCUT2D eigenvalue weighted by molar-refractivity contribution is 4.66. The first-order chi connectivity index (χ1) is 38.7. The lowest BCUT2D eigenvalue weighted by Gasteiger charge is -2.40. The number of piperazine rings is 5. The van der Waals surface area contributed by atoms with Gasteiger partial charge in [0.1, 0.15) is 6.54 Å². The van der Waals surface area contributed by atoms with Crippen molar-refractivity contribution in [3.8, 4) is 0 Å². The number of rotatable bonds is 10. The van der Waals surface area contributed by atoms with Crippen molar-refractivity contribution in [2.24, 2.45) is 0 Å². The first kappa shape index (κ1) is 97.7. The van der Waals surface area contributed by atoms with E-state index in [0.717, 1.165) is 24.1 Å². The third-order valence-corrected chi connectivity index (χ3v) is 14.4. The summed E-state index contributed by atoms with van der Waals surface area (Å²) in [6.07, 6.45) is 9.31. The van der Waals surface area contributed by atoms with E-state index in [1.165, 1.54) is 211 Å². The summed E-state index contributed by atoms with van der Waals surface area (Å²) in [6, 6.07) is 0. The quantitative estimate of drug-likeness (QED) is 0.213. The molecule has 82 heavy (non-hydrogen) atoms. The third kappa shape index (κ3) is 77.4. The van der Waals surface area contributed by atoms with Crippen LogP contribution in [-0.2, 0) is 0 Å². The Morgan fingerprint density at radius 3 is 0.707 bits per heavy atom. The van der Waals surface area contributed by atoms with Gasteiger partial charge in [-0.25, -0.2) is 0 Å². The number of likely N-dealkylation sites (tertiary alicyclic amines) is 1. The summed E-state index contributed by atoms with van der Waals surface area (Å²) < 4.78 is 3.44. The van der Waals surface area contributed by atoms with Crippen LogP contribution in [-0.4, -0.2) is 383 Å². The van der Waals surface area contributed by atoms with Crippen molar-refractivity contribution in [3.05, 3.63) is 0 Å². The third-order valence-electron chi connectivity index (χ3n) is 14.4. The molecule has 0 atom stereocenters. The minimum Gasteiger partial charge on any atom is -0.391 e. The first-order valence-electron chi connectivity index (χ1n) is 34.2. The molecule has 508 valence electrons. The molecule has 15 nitrogen and oxygen atoms in total. The van der Waals surface area contributed by atoms with Gasteiger partial charge in [-0.15, -0.1) is 0 Å². The Kier molecular flexibility index (Phi) is 82.8. The average molecular weight is 1190 g/mol. The molecule has 0 aromatic carbocycles. The van der Waals surface area contributed by atoms with E-state index in [1.807, 2.05) is 69.2 Å². The summed E-state index contributed by atoms with van der Waals surface area (Å²) >= 11 is 0. The highest BCUT2D eigenvalue weighted by Crippen LogP contribution is 2.08. The van der Waals surface area contributed by atoms with E-state index in [0.29, 0.717) is 6.61 Å². The van der Waals surface area contributed by atoms with Crippen LogP contribution in [0, 0.1) is 0 Å². The number of nitrogens with zero attached hydrogens (tertiary/aromatic N) is 14. The maximum Gasteiger partial charge on any atom is 0.102 e. The number of hydrogen-bond acceptors (Lipinski definition) is 12. The zero-order chi connectivity index (χ0) is 65.6. The van der Waals surface area contributed by atoms with Crippen molar-refractivity contribution in [3.63, 3.8) is 0 Å². The van der Waals surface area contributed by atoms with E-state index in [-0.39, 0.29) is 0 Å². The molecule has 0 radical (unpaired) electrons. The maximum absolute atomic E-state index is 8.82. The van der Waals surface area contributed by atoms with E-state index in [1.54, 1.807) is 0 Å². The van der Waals surface area contributed by atoms with Crippen molar-refractivity contribution in [1.29, 1.82) is 0 Å². The first-order valence-corrected chi connectivity index (χ1v) is 34.2. The van der Waals surface area contributed by atoms with Crippen molar-refractivity contribution in [2.75, 3.05) is 310 Å². The monoisotopic (exact) mass is 1180 g/mol. The van der Waals surface area contributed by atoms with Gasteiger partial charge in [-0.2, -0.15) is 0 Å². The van der Waals surface area contributed by atoms with Crippen LogP contribution in [0.25, 0.3) is 0 Å². The SMILES string of the molecule is CC.CC.CC.CC.CC.CCC.CCC.CN(C)CCCN(C)CCCN(C)C.CN1CCCCC1.CN1CCN(C)CC1.CN1CCN(C)CC1.CN1CC[N+](C)(C)CC1.CN1CC[N+](C)(C)CC1.CN1CC[N+](C)(CCO)CC1. The van der Waals surface area contributed by atoms with Gasteiger partial charge in [-0.3, -0.25) is 14.7 Å². The normalized spacial score (nSPS) is 19.8. The van der Waals surface area contributed by atoms with Gasteiger partial charge in [-0.05, 0) is 157 Å². The van der Waals surface area contributed by atoms with Crippen LogP contribution in [0.5, 0.6) is 0 Å². The molecule has 0 unspecified atom stereocenters. The van der Waals surface area contributed by atoms with E-state index in [2.05, 4.69) is 208 Å². The van der Waals surface area contributed by atoms with Crippen LogP contribution >= 0.6 is 0 Å². The number of quaternary nitrogens is 3. The molecular formula is C67H167N14O+3. The summed E-state index contributed by atoms with van der Waals surface area (Å²) in [7, 11) is 39.6. The molecule has 0 spiro atoms. The van der Waals surface area contributed by atoms with Crippen molar-refractivity contribution in [1.82, 2.24) is 53.9 Å². The highest BCUT2D eigenvalue weighted by atomic mass is 16.3. The van der Waals surface area contributed by atoms with E-state index < -0.39 is 0 Å². The van der Waals surface area contributed by atoms with Crippen LogP contribution in [0.1, 0.15) is 142 Å². The molecule has 0 aliphatic carbocycles. The molecule has 0 amide bonds. The number of aliphatic hydroxyl groups excluding tert-OH is 1. The fraction of sp³-hybridized carbons (Fsp3) is 1.00. The summed E-state index contributed by atoms with van der Waals surface area (Å²) in [4.78, 5) is 25.9. The molecule has 6 rings (SSSR count). The van der Waals surface area contributed by atoms with Gasteiger partial charge >= 0.3 is 0 Å². The predicted octanol–water partition coefficient (Wildman–Crippen LogP) is 9.00. The summed E-state index contributed by atoms with van der Waals surface area (Å²) in [5, 5.41) is 8.82. The van der Waals surface area contributed by atoms with Gasteiger partial charge in [0.25, 0.3) is 0 Å². The van der Waals surface area contributed by atoms with Gasteiger partial charge in [-0.1, -0.05) is 116 Å². The van der Waals surface area contributed by atoms with Crippen molar-refractivity contribution in [2.45, 2.75) is 142 Å². The summed E-state index contributed by atoms with van der Waals surface area (Å²) in [5.41, 5.74) is 0. The lowest BCUT2D eigenvalue weighted by molar-refractivity contribution is -0.913. The Bertz CT molecular complexity index is 1020. The standard InChI is InChI=1S/C11H27N3.C8H19N2O.2C7H17N2.2C6H14N2.C6H13N.2C3H8.5C2H6/c1-12(2)8-6-10-14(5)11-7-9-13(3)4;1-9-3-5-10(2,6-4-9)7-8-11;2*1-8-4-6-9(2,3)7-5-8;2*1-7-3-5-8(2)6-4-7;1-7-5-3-2-4-6-7;2*1-3-2;5*1-2/h6-11H2,1-5H3;11H,3-8H2,1-2H3;2*4-7H2,1-3H3;2*3-6H2,1-2H3;2-6H2,1H3;2*3H2,1-2H3;5*1-2H3/q;3*+1;;;;;;;;;;. The molecule has 6 aliphatic rings. The number of hydrogen-bond donors (Lipinski definition) is 1. The molecule has 1 N–H and O–H groups in total. The maximum atomic E-state index is 8.82. The molecule has 0 aromatic rings. The molecule has 15 heteroatoms.